The number of hydrogen-bond donors (Lipinski definition) is 1. The van der Waals surface area contributed by atoms with Crippen LogP contribution in [0.2, 0.25) is 5.02 Å². The van der Waals surface area contributed by atoms with Gasteiger partial charge < -0.3 is 5.11 Å². The Hall–Kier alpha value is -0.600. The molecule has 0 aliphatic heterocycles. The Morgan fingerprint density at radius 2 is 1.94 bits per heavy atom. The number of aliphatic hydroxyl groups is 1. The second kappa shape index (κ2) is 5.36. The van der Waals surface area contributed by atoms with Gasteiger partial charge in [-0.3, -0.25) is 4.98 Å². The highest BCUT2D eigenvalue weighted by molar-refractivity contribution is 6.31. The van der Waals surface area contributed by atoms with Crippen LogP contribution in [0, 0.1) is 17.8 Å². The number of nitrogens with zero attached hydrogens (tertiary/aromatic N) is 1. The van der Waals surface area contributed by atoms with Crippen molar-refractivity contribution in [2.75, 3.05) is 0 Å². The highest BCUT2D eigenvalue weighted by atomic mass is 35.5. The first-order chi connectivity index (χ1) is 8.08. The Morgan fingerprint density at radius 1 is 1.29 bits per heavy atom. The molecule has 2 nitrogen and oxygen atoms in total. The molecule has 1 aromatic rings. The van der Waals surface area contributed by atoms with Crippen molar-refractivity contribution >= 4 is 11.6 Å². The summed E-state index contributed by atoms with van der Waals surface area (Å²) in [5.41, 5.74) is 0.827. The molecule has 0 bridgehead atoms. The summed E-state index contributed by atoms with van der Waals surface area (Å²) in [6.45, 7) is 4.53. The molecule has 3 heteroatoms. The Morgan fingerprint density at radius 3 is 2.53 bits per heavy atom. The summed E-state index contributed by atoms with van der Waals surface area (Å²) in [4.78, 5) is 3.96. The summed E-state index contributed by atoms with van der Waals surface area (Å²) in [5, 5.41) is 11.0. The smallest absolute Gasteiger partial charge is 0.0833 e. The van der Waals surface area contributed by atoms with Crippen molar-refractivity contribution in [2.24, 2.45) is 17.8 Å². The molecule has 0 amide bonds. The molecule has 3 unspecified atom stereocenters. The molecular weight excluding hydrogens is 234 g/mol. The first-order valence-corrected chi connectivity index (χ1v) is 6.73. The summed E-state index contributed by atoms with van der Waals surface area (Å²) in [5.74, 6) is 1.71. The first-order valence-electron chi connectivity index (χ1n) is 6.35. The molecule has 0 saturated heterocycles. The summed E-state index contributed by atoms with van der Waals surface area (Å²) in [6.07, 6.45) is 6.30. The van der Waals surface area contributed by atoms with E-state index in [9.17, 15) is 5.11 Å². The minimum atomic E-state index is -0.448. The second-order valence-electron chi connectivity index (χ2n) is 5.52. The highest BCUT2D eigenvalue weighted by Crippen LogP contribution is 2.40. The van der Waals surface area contributed by atoms with Gasteiger partial charge in [-0.05, 0) is 43.1 Å². The molecule has 1 aromatic heterocycles. The van der Waals surface area contributed by atoms with E-state index in [1.54, 1.807) is 12.4 Å². The normalized spacial score (nSPS) is 31.2. The molecule has 0 spiro atoms. The number of rotatable bonds is 2. The number of halogens is 1. The molecule has 17 heavy (non-hydrogen) atoms. The molecule has 1 heterocycles. The van der Waals surface area contributed by atoms with E-state index in [1.807, 2.05) is 6.07 Å². The maximum Gasteiger partial charge on any atom is 0.0833 e. The summed E-state index contributed by atoms with van der Waals surface area (Å²) < 4.78 is 0. The van der Waals surface area contributed by atoms with Crippen LogP contribution in [0.15, 0.2) is 18.5 Å². The average molecular weight is 254 g/mol. The zero-order valence-electron chi connectivity index (χ0n) is 10.4. The molecule has 1 aliphatic carbocycles. The SMILES string of the molecule is CC1CC(C)CC(C(O)c2ccncc2Cl)C1. The summed E-state index contributed by atoms with van der Waals surface area (Å²) >= 11 is 6.09. The lowest BCUT2D eigenvalue weighted by atomic mass is 9.73. The van der Waals surface area contributed by atoms with Gasteiger partial charge in [0, 0.05) is 18.0 Å². The number of aliphatic hydroxyl groups excluding tert-OH is 1. The van der Waals surface area contributed by atoms with Gasteiger partial charge in [0.2, 0.25) is 0 Å². The fourth-order valence-corrected chi connectivity index (χ4v) is 3.38. The van der Waals surface area contributed by atoms with Gasteiger partial charge in [-0.25, -0.2) is 0 Å². The summed E-state index contributed by atoms with van der Waals surface area (Å²) in [7, 11) is 0. The van der Waals surface area contributed by atoms with Crippen molar-refractivity contribution in [3.05, 3.63) is 29.0 Å². The maximum absolute atomic E-state index is 10.4. The lowest BCUT2D eigenvalue weighted by Crippen LogP contribution is -2.24. The number of pyridine rings is 1. The minimum absolute atomic E-state index is 0.327. The third-order valence-corrected chi connectivity index (χ3v) is 4.10. The van der Waals surface area contributed by atoms with Crippen molar-refractivity contribution in [1.82, 2.24) is 4.98 Å². The van der Waals surface area contributed by atoms with Crippen LogP contribution in [0.25, 0.3) is 0 Å². The molecule has 0 aromatic carbocycles. The second-order valence-corrected chi connectivity index (χ2v) is 5.93. The van der Waals surface area contributed by atoms with E-state index >= 15 is 0 Å². The molecule has 94 valence electrons. The van der Waals surface area contributed by atoms with Gasteiger partial charge in [0.05, 0.1) is 11.1 Å². The monoisotopic (exact) mass is 253 g/mol. The largest absolute Gasteiger partial charge is 0.388 e. The summed E-state index contributed by atoms with van der Waals surface area (Å²) in [6, 6.07) is 1.83. The Bertz CT molecular complexity index is 372. The van der Waals surface area contributed by atoms with Gasteiger partial charge in [0.1, 0.15) is 0 Å². The van der Waals surface area contributed by atoms with Crippen molar-refractivity contribution in [3.63, 3.8) is 0 Å². The van der Waals surface area contributed by atoms with Crippen LogP contribution >= 0.6 is 11.6 Å². The van der Waals surface area contributed by atoms with E-state index in [2.05, 4.69) is 18.8 Å². The number of hydrogen-bond acceptors (Lipinski definition) is 2. The van der Waals surface area contributed by atoms with Crippen LogP contribution < -0.4 is 0 Å². The highest BCUT2D eigenvalue weighted by Gasteiger charge is 2.30. The van der Waals surface area contributed by atoms with E-state index in [4.69, 9.17) is 11.6 Å². The molecule has 1 saturated carbocycles. The molecule has 2 rings (SSSR count). The Balaban J connectivity index is 2.14. The van der Waals surface area contributed by atoms with Crippen LogP contribution in [0.1, 0.15) is 44.8 Å². The van der Waals surface area contributed by atoms with Gasteiger partial charge in [-0.15, -0.1) is 0 Å². The fourth-order valence-electron chi connectivity index (χ4n) is 3.15. The average Bonchev–Trinajstić information content (AvgIpc) is 2.27. The van der Waals surface area contributed by atoms with Crippen LogP contribution in [-0.4, -0.2) is 10.1 Å². The number of aromatic nitrogens is 1. The van der Waals surface area contributed by atoms with Gasteiger partial charge >= 0.3 is 0 Å². The van der Waals surface area contributed by atoms with Crippen LogP contribution in [0.5, 0.6) is 0 Å². The lowest BCUT2D eigenvalue weighted by molar-refractivity contribution is 0.0552. The standard InChI is InChI=1S/C14H20ClNO/c1-9-5-10(2)7-11(6-9)14(17)12-3-4-16-8-13(12)15/h3-4,8-11,14,17H,5-7H2,1-2H3. The van der Waals surface area contributed by atoms with E-state index < -0.39 is 6.10 Å². The zero-order chi connectivity index (χ0) is 12.4. The lowest BCUT2D eigenvalue weighted by Gasteiger charge is -2.34. The van der Waals surface area contributed by atoms with Gasteiger partial charge in [-0.2, -0.15) is 0 Å². The topological polar surface area (TPSA) is 33.1 Å². The van der Waals surface area contributed by atoms with E-state index in [0.717, 1.165) is 18.4 Å². The van der Waals surface area contributed by atoms with Gasteiger partial charge in [0.25, 0.3) is 0 Å². The predicted molar refractivity (Wildman–Crippen MR) is 69.9 cm³/mol. The molecule has 1 fully saturated rings. The van der Waals surface area contributed by atoms with Crippen molar-refractivity contribution in [3.8, 4) is 0 Å². The third kappa shape index (κ3) is 2.99. The van der Waals surface area contributed by atoms with E-state index in [1.165, 1.54) is 6.42 Å². The van der Waals surface area contributed by atoms with Crippen LogP contribution in [0.4, 0.5) is 0 Å². The fraction of sp³-hybridized carbons (Fsp3) is 0.643. The van der Waals surface area contributed by atoms with E-state index in [-0.39, 0.29) is 0 Å². The molecule has 0 radical (unpaired) electrons. The zero-order valence-corrected chi connectivity index (χ0v) is 11.2. The first kappa shape index (κ1) is 12.8. The Kier molecular flexibility index (Phi) is 4.05. The predicted octanol–water partition coefficient (Wildman–Crippen LogP) is 3.84. The quantitative estimate of drug-likeness (QED) is 0.869. The van der Waals surface area contributed by atoms with Crippen molar-refractivity contribution < 1.29 is 5.11 Å². The maximum atomic E-state index is 10.4. The van der Waals surface area contributed by atoms with Crippen molar-refractivity contribution in [1.29, 1.82) is 0 Å². The van der Waals surface area contributed by atoms with Gasteiger partial charge in [0.15, 0.2) is 0 Å². The van der Waals surface area contributed by atoms with Crippen LogP contribution in [-0.2, 0) is 0 Å². The molecule has 1 N–H and O–H groups in total. The third-order valence-electron chi connectivity index (χ3n) is 3.78. The van der Waals surface area contributed by atoms with Crippen LogP contribution in [0.3, 0.4) is 0 Å². The van der Waals surface area contributed by atoms with E-state index in [0.29, 0.717) is 22.8 Å². The van der Waals surface area contributed by atoms with Crippen molar-refractivity contribution in [2.45, 2.75) is 39.2 Å². The molecular formula is C14H20ClNO. The molecule has 1 aliphatic rings. The Labute approximate surface area is 108 Å². The minimum Gasteiger partial charge on any atom is -0.388 e. The molecule has 3 atom stereocenters. The van der Waals surface area contributed by atoms with Gasteiger partial charge in [-0.1, -0.05) is 25.4 Å².